The molecule has 179 valence electrons. The van der Waals surface area contributed by atoms with Gasteiger partial charge >= 0.3 is 39.0 Å². The van der Waals surface area contributed by atoms with Crippen molar-refractivity contribution in [1.82, 2.24) is 0 Å². The molecule has 1 saturated carbocycles. The SMILES string of the molecule is Cc1ccc([N-]/[N+](=C(\[C-]=O)c2ccc(C)cc2)c2ccc(C)cc2)cc1.[C-]#[O+].[CH]1[CH][CH][CH][CH]1.[Cl][Re]. The number of hydrogen-bond donors (Lipinski definition) is 0. The van der Waals surface area contributed by atoms with Gasteiger partial charge in [0, 0.05) is 12.1 Å². The molecule has 0 spiro atoms. The van der Waals surface area contributed by atoms with E-state index in [4.69, 9.17) is 19.6 Å². The third-order valence-electron chi connectivity index (χ3n) is 4.72. The van der Waals surface area contributed by atoms with Crippen LogP contribution in [-0.4, -0.2) is 16.7 Å². The molecule has 0 bridgehead atoms. The molecular formula is C29H26ClN2O2Re-. The van der Waals surface area contributed by atoms with Crippen LogP contribution in [0, 0.1) is 59.5 Å². The van der Waals surface area contributed by atoms with E-state index in [2.05, 4.69) is 12.9 Å². The molecule has 0 heterocycles. The van der Waals surface area contributed by atoms with Gasteiger partial charge in [-0.3, -0.25) is 4.68 Å². The average Bonchev–Trinajstić information content (AvgIpc) is 3.50. The van der Waals surface area contributed by atoms with Gasteiger partial charge in [-0.25, -0.2) is 0 Å². The maximum absolute atomic E-state index is 11.9. The van der Waals surface area contributed by atoms with Crippen LogP contribution in [0.4, 0.5) is 11.4 Å². The summed E-state index contributed by atoms with van der Waals surface area (Å²) in [5.41, 5.74) is 10.9. The van der Waals surface area contributed by atoms with Crippen molar-refractivity contribution in [2.24, 2.45) is 0 Å². The molecule has 0 unspecified atom stereocenters. The van der Waals surface area contributed by atoms with Crippen LogP contribution in [0.15, 0.2) is 72.8 Å². The van der Waals surface area contributed by atoms with E-state index in [0.29, 0.717) is 5.71 Å². The Hall–Kier alpha value is -2.51. The Labute approximate surface area is 224 Å². The molecule has 1 fully saturated rings. The monoisotopic (exact) mass is 656 g/mol. The van der Waals surface area contributed by atoms with Gasteiger partial charge in [-0.05, 0) is 52.9 Å². The van der Waals surface area contributed by atoms with E-state index >= 15 is 0 Å². The van der Waals surface area contributed by atoms with Gasteiger partial charge in [-0.2, -0.15) is 0 Å². The van der Waals surface area contributed by atoms with Crippen molar-refractivity contribution >= 4 is 32.9 Å². The van der Waals surface area contributed by atoms with E-state index in [9.17, 15) is 4.79 Å². The predicted octanol–water partition coefficient (Wildman–Crippen LogP) is 7.15. The number of hydrogen-bond acceptors (Lipinski definition) is 1. The topological polar surface area (TPSA) is 54.1 Å². The van der Waals surface area contributed by atoms with Gasteiger partial charge in [0.2, 0.25) is 0 Å². The number of halogens is 1. The van der Waals surface area contributed by atoms with Crippen LogP contribution in [0.1, 0.15) is 22.3 Å². The normalized spacial score (nSPS) is 12.3. The van der Waals surface area contributed by atoms with Crippen molar-refractivity contribution in [2.75, 3.05) is 0 Å². The fraction of sp³-hybridized carbons (Fsp3) is 0.103. The summed E-state index contributed by atoms with van der Waals surface area (Å²) < 4.78 is 9.15. The van der Waals surface area contributed by atoms with E-state index in [0.717, 1.165) is 33.6 Å². The molecule has 4 rings (SSSR count). The molecule has 1 aliphatic carbocycles. The molecule has 3 aromatic rings. The Kier molecular flexibility index (Phi) is 15.6. The number of rotatable bonds is 5. The quantitative estimate of drug-likeness (QED) is 0.0948. The van der Waals surface area contributed by atoms with Gasteiger partial charge in [0.1, 0.15) is 0 Å². The summed E-state index contributed by atoms with van der Waals surface area (Å²) in [6.45, 7) is 10.6. The van der Waals surface area contributed by atoms with E-state index in [1.807, 2.05) is 126 Å². The molecule has 1 aliphatic rings. The van der Waals surface area contributed by atoms with E-state index in [-0.39, 0.29) is 0 Å². The number of benzene rings is 3. The van der Waals surface area contributed by atoms with Gasteiger partial charge in [0.05, 0.1) is 12.0 Å². The van der Waals surface area contributed by atoms with Crippen LogP contribution >= 0.6 is 9.53 Å². The first-order valence-electron chi connectivity index (χ1n) is 10.6. The van der Waals surface area contributed by atoms with Crippen molar-refractivity contribution in [1.29, 1.82) is 0 Å². The summed E-state index contributed by atoms with van der Waals surface area (Å²) in [4.78, 5) is 11.9. The van der Waals surface area contributed by atoms with Gasteiger partial charge in [0.15, 0.2) is 5.69 Å². The zero-order valence-electron chi connectivity index (χ0n) is 19.8. The van der Waals surface area contributed by atoms with Crippen molar-refractivity contribution in [3.8, 4) is 0 Å². The molecule has 6 heteroatoms. The van der Waals surface area contributed by atoms with Crippen LogP contribution < -0.4 is 0 Å². The summed E-state index contributed by atoms with van der Waals surface area (Å²) >= 11 is 1.19. The minimum atomic E-state index is 0.384. The van der Waals surface area contributed by atoms with Gasteiger partial charge in [-0.15, -0.1) is 17.7 Å². The van der Waals surface area contributed by atoms with Crippen LogP contribution in [0.3, 0.4) is 0 Å². The van der Waals surface area contributed by atoms with Crippen LogP contribution in [0.5, 0.6) is 0 Å². The standard InChI is InChI=1S/C23H21N2O.C5H5.CO.ClH.Re/c1-17-4-10-20(11-5-17)23(16-26)25(22-14-8-19(3)9-15-22)24-21-12-6-18(2)7-13-21;1-2-4-5-3-1;1-2;;/h4-15H,1-3H3;1-5H;;1H;/q-1;;;;+1/p-1/b25-23+;;;;. The first-order chi connectivity index (χ1) is 17.1. The zero-order valence-corrected chi connectivity index (χ0v) is 23.3. The summed E-state index contributed by atoms with van der Waals surface area (Å²) in [6, 6.07) is 23.6. The van der Waals surface area contributed by atoms with Gasteiger partial charge in [-0.1, -0.05) is 70.9 Å². The Morgan fingerprint density at radius 2 is 1.11 bits per heavy atom. The number of aryl methyl sites for hydroxylation is 3. The molecule has 0 saturated heterocycles. The van der Waals surface area contributed by atoms with Crippen molar-refractivity contribution < 1.29 is 32.3 Å². The average molecular weight is 656 g/mol. The van der Waals surface area contributed by atoms with Crippen LogP contribution in [0.2, 0.25) is 0 Å². The summed E-state index contributed by atoms with van der Waals surface area (Å²) in [5.74, 6) is 0. The Morgan fingerprint density at radius 3 is 1.51 bits per heavy atom. The molecule has 0 N–H and O–H groups in total. The second kappa shape index (κ2) is 17.9. The zero-order chi connectivity index (χ0) is 26.1. The van der Waals surface area contributed by atoms with Gasteiger partial charge in [0.25, 0.3) is 0 Å². The fourth-order valence-electron chi connectivity index (χ4n) is 2.91. The van der Waals surface area contributed by atoms with E-state index in [1.165, 1.54) is 18.2 Å². The molecule has 0 amide bonds. The maximum atomic E-state index is 11.9. The molecular weight excluding hydrogens is 630 g/mol. The third kappa shape index (κ3) is 10.7. The Balaban J connectivity index is 0.000000584. The Bertz CT molecular complexity index is 1050. The summed E-state index contributed by atoms with van der Waals surface area (Å²) in [7, 11) is 4.69. The molecule has 0 atom stereocenters. The van der Waals surface area contributed by atoms with Crippen molar-refractivity contribution in [3.63, 3.8) is 0 Å². The van der Waals surface area contributed by atoms with Crippen molar-refractivity contribution in [2.45, 2.75) is 20.8 Å². The molecule has 3 aromatic carbocycles. The van der Waals surface area contributed by atoms with E-state index < -0.39 is 0 Å². The number of carbonyl (C=O) groups excluding carboxylic acids is 1. The minimum absolute atomic E-state index is 0.384. The first-order valence-corrected chi connectivity index (χ1v) is 13.9. The second-order valence-electron chi connectivity index (χ2n) is 7.36. The molecule has 0 aliphatic heterocycles. The fourth-order valence-corrected chi connectivity index (χ4v) is 2.91. The number of nitrogens with zero attached hydrogens (tertiary/aromatic N) is 2. The first kappa shape index (κ1) is 30.5. The Morgan fingerprint density at radius 1 is 0.743 bits per heavy atom. The van der Waals surface area contributed by atoms with Crippen LogP contribution in [0.25, 0.3) is 5.43 Å². The van der Waals surface area contributed by atoms with Crippen LogP contribution in [-0.2, 0) is 27.6 Å². The van der Waals surface area contributed by atoms with E-state index in [1.54, 1.807) is 4.68 Å². The second-order valence-corrected chi connectivity index (χ2v) is 7.36. The molecule has 0 aromatic heterocycles. The summed E-state index contributed by atoms with van der Waals surface area (Å²) in [6.07, 6.45) is 12.1. The summed E-state index contributed by atoms with van der Waals surface area (Å²) in [5, 5.41) is 0. The third-order valence-corrected chi connectivity index (χ3v) is 4.72. The molecule has 35 heavy (non-hydrogen) atoms. The predicted molar refractivity (Wildman–Crippen MR) is 138 cm³/mol. The van der Waals surface area contributed by atoms with Gasteiger partial charge < -0.3 is 10.2 Å². The van der Waals surface area contributed by atoms with Crippen molar-refractivity contribution in [3.05, 3.63) is 139 Å². The molecule has 5 radical (unpaired) electrons. The molecule has 4 nitrogen and oxygen atoms in total.